The number of alkyl halides is 2. The molecule has 2 aliphatic rings. The molecule has 1 aliphatic heterocycles. The van der Waals surface area contributed by atoms with E-state index in [9.17, 15) is 18.0 Å². The zero-order valence-electron chi connectivity index (χ0n) is 19.3. The molecule has 1 saturated carbocycles. The molecule has 3 aromatic rings. The van der Waals surface area contributed by atoms with E-state index in [1.807, 2.05) is 0 Å². The average Bonchev–Trinajstić information content (AvgIpc) is 3.36. The lowest BCUT2D eigenvalue weighted by molar-refractivity contribution is 0.102. The highest BCUT2D eigenvalue weighted by molar-refractivity contribution is 8.15. The fourth-order valence-electron chi connectivity index (χ4n) is 4.62. The number of halogens is 3. The lowest BCUT2D eigenvalue weighted by Gasteiger charge is -2.34. The van der Waals surface area contributed by atoms with Crippen LogP contribution in [0, 0.1) is 18.7 Å². The second-order valence-corrected chi connectivity index (χ2v) is 10.3. The van der Waals surface area contributed by atoms with E-state index in [0.29, 0.717) is 17.2 Å². The molecule has 3 atom stereocenters. The van der Waals surface area contributed by atoms with Crippen molar-refractivity contribution in [1.29, 1.82) is 0 Å². The number of hydrogen-bond donors (Lipinski definition) is 2. The highest BCUT2D eigenvalue weighted by atomic mass is 32.2. The molecule has 0 radical (unpaired) electrons. The second-order valence-electron chi connectivity index (χ2n) is 8.91. The minimum Gasteiger partial charge on any atom is -0.482 e. The van der Waals surface area contributed by atoms with E-state index in [1.165, 1.54) is 36.9 Å². The number of rotatable bonds is 7. The summed E-state index contributed by atoms with van der Waals surface area (Å²) in [6, 6.07) is 5.63. The largest absolute Gasteiger partial charge is 0.482 e. The minimum absolute atomic E-state index is 0.00893. The summed E-state index contributed by atoms with van der Waals surface area (Å²) in [4.78, 5) is 25.4. The molecule has 0 spiro atoms. The molecule has 5 rings (SSSR count). The van der Waals surface area contributed by atoms with Crippen LogP contribution in [0.5, 0.6) is 5.75 Å². The van der Waals surface area contributed by atoms with Gasteiger partial charge in [0, 0.05) is 17.2 Å². The van der Waals surface area contributed by atoms with Gasteiger partial charge in [-0.05, 0) is 50.1 Å². The van der Waals surface area contributed by atoms with Crippen molar-refractivity contribution in [3.8, 4) is 5.75 Å². The fourth-order valence-corrected chi connectivity index (χ4v) is 5.96. The van der Waals surface area contributed by atoms with Gasteiger partial charge in [-0.3, -0.25) is 9.79 Å². The Morgan fingerprint density at radius 1 is 1.36 bits per heavy atom. The summed E-state index contributed by atoms with van der Waals surface area (Å²) in [5, 5.41) is 2.69. The Morgan fingerprint density at radius 2 is 2.17 bits per heavy atom. The van der Waals surface area contributed by atoms with Crippen LogP contribution in [-0.4, -0.2) is 32.2 Å². The minimum atomic E-state index is -2.62. The standard InChI is InChI=1S/C24H22F3N5O3S/c1-12-7-14(35-11-18-29-5-6-34-18)10-30-19(12)20(33)31-13-3-4-16(25)15(8-13)23(2)17-9-24(17,21(26)27)36-22(28)32-23/h3-8,10,17,21H,9,11H2,1-2H3,(H2,28,32)(H,31,33)/t17-,23+,24-/m0/s1. The molecule has 12 heteroatoms. The molecular weight excluding hydrogens is 495 g/mol. The van der Waals surface area contributed by atoms with E-state index in [0.717, 1.165) is 11.8 Å². The molecule has 1 amide bonds. The van der Waals surface area contributed by atoms with E-state index < -0.39 is 34.4 Å². The number of ether oxygens (including phenoxy) is 1. The molecule has 3 N–H and O–H groups in total. The van der Waals surface area contributed by atoms with Crippen molar-refractivity contribution in [3.63, 3.8) is 0 Å². The SMILES string of the molecule is Cc1cc(OCc2ncco2)cnc1C(=O)Nc1ccc(F)c([C@@]2(C)N=C(N)S[C@@]3(C(F)F)C[C@@H]23)c1. The number of nitrogens with one attached hydrogen (secondary N) is 1. The molecule has 188 valence electrons. The Kier molecular flexibility index (Phi) is 5.93. The first-order valence-electron chi connectivity index (χ1n) is 11.0. The van der Waals surface area contributed by atoms with Crippen molar-refractivity contribution >= 4 is 28.5 Å². The van der Waals surface area contributed by atoms with Crippen LogP contribution in [0.25, 0.3) is 0 Å². The topological polar surface area (TPSA) is 116 Å². The first-order valence-corrected chi connectivity index (χ1v) is 11.9. The Balaban J connectivity index is 1.35. The van der Waals surface area contributed by atoms with Gasteiger partial charge >= 0.3 is 0 Å². The second kappa shape index (κ2) is 8.84. The number of aliphatic imine (C=N–C) groups is 1. The number of pyridine rings is 1. The summed E-state index contributed by atoms with van der Waals surface area (Å²) < 4.78 is 51.8. The normalized spacial score (nSPS) is 24.7. The number of aryl methyl sites for hydroxylation is 1. The summed E-state index contributed by atoms with van der Waals surface area (Å²) in [5.41, 5.74) is 5.65. The number of nitrogens with two attached hydrogens (primary N) is 1. The summed E-state index contributed by atoms with van der Waals surface area (Å²) in [5.74, 6) is -0.900. The van der Waals surface area contributed by atoms with Crippen molar-refractivity contribution in [2.24, 2.45) is 16.6 Å². The molecule has 1 aromatic carbocycles. The molecule has 2 aromatic heterocycles. The molecule has 0 saturated heterocycles. The third-order valence-electron chi connectivity index (χ3n) is 6.52. The fraction of sp³-hybridized carbons (Fsp3) is 0.333. The molecule has 1 fully saturated rings. The molecular formula is C24H22F3N5O3S. The molecule has 3 heterocycles. The van der Waals surface area contributed by atoms with Gasteiger partial charge in [-0.2, -0.15) is 0 Å². The number of fused-ring (bicyclic) bond motifs is 1. The van der Waals surface area contributed by atoms with Crippen LogP contribution >= 0.6 is 11.8 Å². The van der Waals surface area contributed by atoms with Gasteiger partial charge < -0.3 is 20.2 Å². The van der Waals surface area contributed by atoms with Crippen molar-refractivity contribution in [1.82, 2.24) is 9.97 Å². The average molecular weight is 518 g/mol. The summed E-state index contributed by atoms with van der Waals surface area (Å²) in [6.07, 6.45) is 1.88. The van der Waals surface area contributed by atoms with Gasteiger partial charge in [-0.15, -0.1) is 0 Å². The zero-order valence-corrected chi connectivity index (χ0v) is 20.1. The number of nitrogens with zero attached hydrogens (tertiary/aromatic N) is 3. The van der Waals surface area contributed by atoms with Crippen LogP contribution in [0.15, 0.2) is 52.3 Å². The summed E-state index contributed by atoms with van der Waals surface area (Å²) in [7, 11) is 0. The maximum Gasteiger partial charge on any atom is 0.274 e. The van der Waals surface area contributed by atoms with Crippen molar-refractivity contribution < 1.29 is 27.1 Å². The molecule has 0 bridgehead atoms. The van der Waals surface area contributed by atoms with E-state index in [2.05, 4.69) is 20.3 Å². The molecule has 36 heavy (non-hydrogen) atoms. The van der Waals surface area contributed by atoms with Crippen LogP contribution in [0.4, 0.5) is 18.9 Å². The van der Waals surface area contributed by atoms with E-state index >= 15 is 0 Å². The number of oxazole rings is 1. The Hall–Kier alpha value is -3.54. The number of amidine groups is 1. The van der Waals surface area contributed by atoms with Crippen LogP contribution in [0.3, 0.4) is 0 Å². The van der Waals surface area contributed by atoms with Crippen LogP contribution in [0.1, 0.15) is 40.9 Å². The monoisotopic (exact) mass is 517 g/mol. The number of aromatic nitrogens is 2. The van der Waals surface area contributed by atoms with Crippen molar-refractivity contribution in [2.45, 2.75) is 43.6 Å². The summed E-state index contributed by atoms with van der Waals surface area (Å²) >= 11 is 0.849. The summed E-state index contributed by atoms with van der Waals surface area (Å²) in [6.45, 7) is 3.41. The number of anilines is 1. The van der Waals surface area contributed by atoms with Gasteiger partial charge in [0.25, 0.3) is 12.3 Å². The quantitative estimate of drug-likeness (QED) is 0.469. The van der Waals surface area contributed by atoms with Crippen LogP contribution in [-0.2, 0) is 12.1 Å². The number of thioether (sulfide) groups is 1. The first kappa shape index (κ1) is 24.2. The molecule has 8 nitrogen and oxygen atoms in total. The van der Waals surface area contributed by atoms with Gasteiger partial charge in [0.2, 0.25) is 5.89 Å². The molecule has 0 unspecified atom stereocenters. The van der Waals surface area contributed by atoms with Crippen LogP contribution < -0.4 is 15.8 Å². The third kappa shape index (κ3) is 4.19. The van der Waals surface area contributed by atoms with E-state index in [4.69, 9.17) is 14.9 Å². The number of carbonyl (C=O) groups excluding carboxylic acids is 1. The lowest BCUT2D eigenvalue weighted by Crippen LogP contribution is -2.38. The zero-order chi connectivity index (χ0) is 25.7. The Bertz CT molecular complexity index is 1350. The number of carbonyl (C=O) groups is 1. The van der Waals surface area contributed by atoms with Gasteiger partial charge in [-0.1, -0.05) is 11.8 Å². The van der Waals surface area contributed by atoms with Crippen molar-refractivity contribution in [3.05, 3.63) is 71.5 Å². The van der Waals surface area contributed by atoms with Gasteiger partial charge in [-0.25, -0.2) is 23.1 Å². The smallest absolute Gasteiger partial charge is 0.274 e. The highest BCUT2D eigenvalue weighted by Gasteiger charge is 2.71. The van der Waals surface area contributed by atoms with Gasteiger partial charge in [0.15, 0.2) is 11.8 Å². The predicted molar refractivity (Wildman–Crippen MR) is 128 cm³/mol. The van der Waals surface area contributed by atoms with E-state index in [-0.39, 0.29) is 35.1 Å². The highest BCUT2D eigenvalue weighted by Crippen LogP contribution is 2.68. The van der Waals surface area contributed by atoms with Gasteiger partial charge in [0.1, 0.15) is 23.5 Å². The predicted octanol–water partition coefficient (Wildman–Crippen LogP) is 4.65. The maximum absolute atomic E-state index is 14.9. The van der Waals surface area contributed by atoms with Gasteiger partial charge in [0.05, 0.1) is 22.7 Å². The maximum atomic E-state index is 14.9. The Labute approximate surface area is 208 Å². The van der Waals surface area contributed by atoms with Crippen molar-refractivity contribution in [2.75, 3.05) is 5.32 Å². The van der Waals surface area contributed by atoms with E-state index in [1.54, 1.807) is 19.9 Å². The number of amides is 1. The number of hydrogen-bond acceptors (Lipinski definition) is 8. The Morgan fingerprint density at radius 3 is 2.86 bits per heavy atom. The number of benzene rings is 1. The lowest BCUT2D eigenvalue weighted by atomic mass is 9.85. The molecule has 1 aliphatic carbocycles. The third-order valence-corrected chi connectivity index (χ3v) is 7.83. The van der Waals surface area contributed by atoms with Crippen LogP contribution in [0.2, 0.25) is 0 Å². The first-order chi connectivity index (χ1) is 17.1.